The molecule has 156 valence electrons. The van der Waals surface area contributed by atoms with Crippen molar-refractivity contribution in [2.45, 2.75) is 17.5 Å². The number of hydrogen-bond acceptors (Lipinski definition) is 8. The van der Waals surface area contributed by atoms with Gasteiger partial charge in [0.25, 0.3) is 0 Å². The number of hydrogen-bond donors (Lipinski definition) is 1. The van der Waals surface area contributed by atoms with E-state index in [-0.39, 0.29) is 16.3 Å². The molecule has 2 N–H and O–H groups in total. The maximum atomic E-state index is 12.7. The van der Waals surface area contributed by atoms with Crippen LogP contribution in [0.4, 0.5) is 0 Å². The van der Waals surface area contributed by atoms with E-state index in [1.165, 1.54) is 11.3 Å². The highest BCUT2D eigenvalue weighted by Gasteiger charge is 2.51. The molecule has 6 nitrogen and oxygen atoms in total. The number of ether oxygens (including phenoxy) is 1. The summed E-state index contributed by atoms with van der Waals surface area (Å²) in [6.45, 7) is 0. The summed E-state index contributed by atoms with van der Waals surface area (Å²) in [6, 6.07) is 19.3. The van der Waals surface area contributed by atoms with E-state index in [0.717, 1.165) is 21.7 Å². The average Bonchev–Trinajstić information content (AvgIpc) is 3.37. The molecule has 2 atom stereocenters. The molecule has 1 aromatic heterocycles. The third-order valence-corrected chi connectivity index (χ3v) is 7.59. The van der Waals surface area contributed by atoms with Crippen LogP contribution in [0, 0.1) is 0 Å². The minimum atomic E-state index is -0.530. The molecule has 3 heterocycles. The first kappa shape index (κ1) is 20.3. The maximum absolute atomic E-state index is 12.7. The van der Waals surface area contributed by atoms with Gasteiger partial charge in [-0.05, 0) is 23.3 Å². The smallest absolute Gasteiger partial charge is 0.248 e. The summed E-state index contributed by atoms with van der Waals surface area (Å²) in [5, 5.41) is 9.01. The van der Waals surface area contributed by atoms with Gasteiger partial charge in [-0.25, -0.2) is 0 Å². The van der Waals surface area contributed by atoms with Gasteiger partial charge in [0.2, 0.25) is 11.0 Å². The van der Waals surface area contributed by atoms with Crippen molar-refractivity contribution < 1.29 is 9.53 Å². The van der Waals surface area contributed by atoms with Gasteiger partial charge in [-0.1, -0.05) is 60.7 Å². The summed E-state index contributed by atoms with van der Waals surface area (Å²) in [7, 11) is 0. The molecular weight excluding hydrogens is 448 g/mol. The summed E-state index contributed by atoms with van der Waals surface area (Å²) in [5.74, 6) is 0.480. The number of benzene rings is 2. The van der Waals surface area contributed by atoms with Crippen LogP contribution in [0.2, 0.25) is 0 Å². The van der Waals surface area contributed by atoms with E-state index in [1.54, 1.807) is 22.2 Å². The molecular formula is C22H18N4O2S3. The molecule has 0 bridgehead atoms. The second-order valence-electron chi connectivity index (χ2n) is 7.11. The SMILES string of the molecule is N[C@@H]1C(=O)N2C(C(=S)OC(c3ccccc3)c3ccccc3)=C(c3nncs3)CS[C@H]12. The van der Waals surface area contributed by atoms with Gasteiger partial charge in [0.1, 0.15) is 33.7 Å². The zero-order chi connectivity index (χ0) is 21.4. The molecule has 0 spiro atoms. The summed E-state index contributed by atoms with van der Waals surface area (Å²) in [4.78, 5) is 14.3. The molecule has 5 rings (SSSR count). The Bertz CT molecular complexity index is 1100. The highest BCUT2D eigenvalue weighted by molar-refractivity contribution is 8.00. The molecule has 0 aliphatic carbocycles. The van der Waals surface area contributed by atoms with E-state index in [9.17, 15) is 4.79 Å². The first-order chi connectivity index (χ1) is 15.1. The van der Waals surface area contributed by atoms with Crippen LogP contribution >= 0.6 is 35.3 Å². The maximum Gasteiger partial charge on any atom is 0.248 e. The molecule has 1 saturated heterocycles. The molecule has 0 saturated carbocycles. The number of rotatable bonds is 5. The van der Waals surface area contributed by atoms with Crippen molar-refractivity contribution in [3.8, 4) is 0 Å². The summed E-state index contributed by atoms with van der Waals surface area (Å²) in [5.41, 5.74) is 11.1. The van der Waals surface area contributed by atoms with Crippen LogP contribution in [0.3, 0.4) is 0 Å². The number of fused-ring (bicyclic) bond motifs is 1. The Morgan fingerprint density at radius 1 is 1.13 bits per heavy atom. The van der Waals surface area contributed by atoms with Crippen LogP contribution in [0.1, 0.15) is 22.2 Å². The summed E-state index contributed by atoms with van der Waals surface area (Å²) >= 11 is 8.81. The van der Waals surface area contributed by atoms with Crippen molar-refractivity contribution in [1.29, 1.82) is 0 Å². The lowest BCUT2D eigenvalue weighted by molar-refractivity contribution is -0.140. The molecule has 3 aromatic rings. The number of aromatic nitrogens is 2. The van der Waals surface area contributed by atoms with Crippen LogP contribution in [0.25, 0.3) is 5.57 Å². The van der Waals surface area contributed by atoms with Gasteiger partial charge >= 0.3 is 0 Å². The quantitative estimate of drug-likeness (QED) is 0.454. The Balaban J connectivity index is 1.55. The predicted molar refractivity (Wildman–Crippen MR) is 126 cm³/mol. The third kappa shape index (κ3) is 3.67. The standard InChI is InChI=1S/C22H18N4O2S3/c23-16-20(27)26-17(15(11-30-21(16)26)19-25-24-12-31-19)22(29)28-18(13-7-3-1-4-8-13)14-9-5-2-6-10-14/h1-10,12,16,18,21H,11,23H2/t16-,21-/m1/s1. The molecule has 2 aliphatic heterocycles. The lowest BCUT2D eigenvalue weighted by atomic mass is 10.0. The van der Waals surface area contributed by atoms with E-state index in [1.807, 2.05) is 60.7 Å². The predicted octanol–water partition coefficient (Wildman–Crippen LogP) is 3.63. The van der Waals surface area contributed by atoms with E-state index in [2.05, 4.69) is 10.2 Å². The highest BCUT2D eigenvalue weighted by atomic mass is 32.2. The minimum absolute atomic E-state index is 0.146. The molecule has 0 unspecified atom stereocenters. The van der Waals surface area contributed by atoms with Gasteiger partial charge in [-0.3, -0.25) is 9.69 Å². The van der Waals surface area contributed by atoms with Crippen molar-refractivity contribution in [3.05, 3.63) is 88.0 Å². The minimum Gasteiger partial charge on any atom is -0.469 e. The highest BCUT2D eigenvalue weighted by Crippen LogP contribution is 2.44. The Kier molecular flexibility index (Phi) is 5.58. The number of carbonyl (C=O) groups excluding carboxylic acids is 1. The molecule has 9 heteroatoms. The van der Waals surface area contributed by atoms with E-state index in [4.69, 9.17) is 22.7 Å². The fourth-order valence-electron chi connectivity index (χ4n) is 3.72. The Hall–Kier alpha value is -2.59. The van der Waals surface area contributed by atoms with Crippen molar-refractivity contribution in [2.24, 2.45) is 5.73 Å². The van der Waals surface area contributed by atoms with Crippen LogP contribution < -0.4 is 5.73 Å². The molecule has 2 aliphatic rings. The van der Waals surface area contributed by atoms with Crippen molar-refractivity contribution in [2.75, 3.05) is 5.75 Å². The number of nitrogens with two attached hydrogens (primary N) is 1. The molecule has 31 heavy (non-hydrogen) atoms. The fourth-order valence-corrected chi connectivity index (χ4v) is 6.02. The molecule has 1 fully saturated rings. The van der Waals surface area contributed by atoms with Crippen LogP contribution in [0.5, 0.6) is 0 Å². The number of carbonyl (C=O) groups is 1. The Morgan fingerprint density at radius 2 is 1.77 bits per heavy atom. The lowest BCUT2D eigenvalue weighted by Gasteiger charge is -2.48. The van der Waals surface area contributed by atoms with E-state index in [0.29, 0.717) is 11.4 Å². The van der Waals surface area contributed by atoms with Crippen LogP contribution in [0.15, 0.2) is 71.9 Å². The molecule has 1 amide bonds. The number of nitrogens with zero attached hydrogens (tertiary/aromatic N) is 3. The first-order valence-electron chi connectivity index (χ1n) is 9.66. The van der Waals surface area contributed by atoms with E-state index >= 15 is 0 Å². The van der Waals surface area contributed by atoms with Crippen molar-refractivity contribution in [1.82, 2.24) is 15.1 Å². The Labute approximate surface area is 193 Å². The van der Waals surface area contributed by atoms with Crippen LogP contribution in [-0.2, 0) is 9.53 Å². The lowest BCUT2D eigenvalue weighted by Crippen LogP contribution is -2.68. The van der Waals surface area contributed by atoms with Gasteiger partial charge < -0.3 is 10.5 Å². The molecule has 0 radical (unpaired) electrons. The number of β-lactam (4-membered cyclic amide) rings is 1. The van der Waals surface area contributed by atoms with Gasteiger partial charge in [0.05, 0.1) is 0 Å². The summed E-state index contributed by atoms with van der Waals surface area (Å²) in [6.07, 6.45) is -0.406. The second-order valence-corrected chi connectivity index (χ2v) is 9.42. The number of thioether (sulfide) groups is 1. The number of amides is 1. The summed E-state index contributed by atoms with van der Waals surface area (Å²) < 4.78 is 6.41. The van der Waals surface area contributed by atoms with Crippen molar-refractivity contribution in [3.63, 3.8) is 0 Å². The zero-order valence-corrected chi connectivity index (χ0v) is 18.7. The normalized spacial score (nSPS) is 20.5. The van der Waals surface area contributed by atoms with Gasteiger partial charge in [-0.15, -0.1) is 33.3 Å². The average molecular weight is 467 g/mol. The fraction of sp³-hybridized carbons (Fsp3) is 0.182. The van der Waals surface area contributed by atoms with Crippen molar-refractivity contribution >= 4 is 51.8 Å². The van der Waals surface area contributed by atoms with Gasteiger partial charge in [0, 0.05) is 11.3 Å². The topological polar surface area (TPSA) is 81.3 Å². The Morgan fingerprint density at radius 3 is 2.35 bits per heavy atom. The zero-order valence-electron chi connectivity index (χ0n) is 16.3. The van der Waals surface area contributed by atoms with Gasteiger partial charge in [-0.2, -0.15) is 0 Å². The number of thiocarbonyl (C=S) groups is 1. The van der Waals surface area contributed by atoms with E-state index < -0.39 is 12.1 Å². The third-order valence-electron chi connectivity index (χ3n) is 5.25. The van der Waals surface area contributed by atoms with Gasteiger partial charge in [0.15, 0.2) is 0 Å². The second kappa shape index (κ2) is 8.51. The molecule has 2 aromatic carbocycles. The largest absolute Gasteiger partial charge is 0.469 e. The first-order valence-corrected chi connectivity index (χ1v) is 12.0. The van der Waals surface area contributed by atoms with Crippen LogP contribution in [-0.4, -0.2) is 43.2 Å². The monoisotopic (exact) mass is 466 g/mol.